The average molecular weight is 486 g/mol. The number of hydrogen-bond donors (Lipinski definition) is 1. The van der Waals surface area contributed by atoms with E-state index in [0.29, 0.717) is 27.0 Å². The lowest BCUT2D eigenvalue weighted by atomic mass is 10.1. The molecule has 7 heteroatoms. The third-order valence-corrected chi connectivity index (χ3v) is 4.87. The van der Waals surface area contributed by atoms with Crippen LogP contribution in [0.15, 0.2) is 76.8 Å². The first-order valence-electron chi connectivity index (χ1n) is 8.81. The van der Waals surface area contributed by atoms with Gasteiger partial charge < -0.3 is 10.1 Å². The molecule has 4 nitrogen and oxygen atoms in total. The number of ether oxygens (including phenoxy) is 1. The number of hydrogen-bond acceptors (Lipinski definition) is 3. The number of para-hydroxylation sites is 1. The van der Waals surface area contributed by atoms with Gasteiger partial charge in [0.25, 0.3) is 5.91 Å². The Balaban J connectivity index is 1.77. The number of rotatable bonds is 6. The second-order valence-corrected chi connectivity index (χ2v) is 7.48. The van der Waals surface area contributed by atoms with Crippen molar-refractivity contribution in [3.63, 3.8) is 0 Å². The van der Waals surface area contributed by atoms with Gasteiger partial charge in [-0.3, -0.25) is 4.79 Å². The molecule has 0 unspecified atom stereocenters. The van der Waals surface area contributed by atoms with E-state index in [1.807, 2.05) is 12.1 Å². The smallest absolute Gasteiger partial charge is 0.266 e. The van der Waals surface area contributed by atoms with Crippen molar-refractivity contribution in [1.29, 1.82) is 5.26 Å². The number of halogens is 3. The van der Waals surface area contributed by atoms with Gasteiger partial charge in [-0.25, -0.2) is 4.39 Å². The molecule has 0 saturated carbocycles. The Kier molecular flexibility index (Phi) is 7.23. The molecule has 3 aromatic carbocycles. The predicted octanol–water partition coefficient (Wildman–Crippen LogP) is 6.37. The highest BCUT2D eigenvalue weighted by Crippen LogP contribution is 2.35. The standard InChI is InChI=1S/C23H15BrClFN2O2/c24-20-11-16(9-17(13-27)23(29)28-19-7-2-1-3-8-19)12-21(25)22(20)30-14-15-5-4-6-18(26)10-15/h1-12H,14H2,(H,28,29)/b17-9-. The molecule has 30 heavy (non-hydrogen) atoms. The molecular formula is C23H15BrClFN2O2. The van der Waals surface area contributed by atoms with E-state index in [4.69, 9.17) is 16.3 Å². The first-order chi connectivity index (χ1) is 14.5. The van der Waals surface area contributed by atoms with Crippen LogP contribution in [0.3, 0.4) is 0 Å². The molecule has 0 radical (unpaired) electrons. The molecule has 3 rings (SSSR count). The summed E-state index contributed by atoms with van der Waals surface area (Å²) >= 11 is 9.72. The molecule has 0 aromatic heterocycles. The van der Waals surface area contributed by atoms with Crippen LogP contribution in [0.1, 0.15) is 11.1 Å². The van der Waals surface area contributed by atoms with Crippen LogP contribution in [0.5, 0.6) is 5.75 Å². The molecule has 1 amide bonds. The summed E-state index contributed by atoms with van der Waals surface area (Å²) in [7, 11) is 0. The highest BCUT2D eigenvalue weighted by Gasteiger charge is 2.13. The van der Waals surface area contributed by atoms with Crippen LogP contribution in [0, 0.1) is 17.1 Å². The molecule has 0 aliphatic heterocycles. The largest absolute Gasteiger partial charge is 0.486 e. The second kappa shape index (κ2) is 10.1. The summed E-state index contributed by atoms with van der Waals surface area (Å²) < 4.78 is 19.6. The predicted molar refractivity (Wildman–Crippen MR) is 119 cm³/mol. The van der Waals surface area contributed by atoms with E-state index in [1.165, 1.54) is 18.2 Å². The molecule has 0 atom stereocenters. The highest BCUT2D eigenvalue weighted by atomic mass is 79.9. The van der Waals surface area contributed by atoms with Crippen molar-refractivity contribution >= 4 is 45.2 Å². The van der Waals surface area contributed by atoms with Gasteiger partial charge in [0.2, 0.25) is 0 Å². The molecule has 0 saturated heterocycles. The Morgan fingerprint density at radius 2 is 1.93 bits per heavy atom. The monoisotopic (exact) mass is 484 g/mol. The third kappa shape index (κ3) is 5.69. The molecular weight excluding hydrogens is 471 g/mol. The first-order valence-corrected chi connectivity index (χ1v) is 9.98. The fourth-order valence-corrected chi connectivity index (χ4v) is 3.61. The van der Waals surface area contributed by atoms with Gasteiger partial charge in [-0.2, -0.15) is 5.26 Å². The van der Waals surface area contributed by atoms with Gasteiger partial charge in [0.15, 0.2) is 5.75 Å². The number of carbonyl (C=O) groups excluding carboxylic acids is 1. The summed E-state index contributed by atoms with van der Waals surface area (Å²) in [6, 6.07) is 20.1. The van der Waals surface area contributed by atoms with Crippen LogP contribution in [-0.4, -0.2) is 5.91 Å². The number of nitrogens with one attached hydrogen (secondary N) is 1. The molecule has 0 fully saturated rings. The molecule has 0 heterocycles. The van der Waals surface area contributed by atoms with Crippen LogP contribution in [0.4, 0.5) is 10.1 Å². The zero-order valence-corrected chi connectivity index (χ0v) is 17.9. The number of amides is 1. The van der Waals surface area contributed by atoms with Crippen molar-refractivity contribution in [2.24, 2.45) is 0 Å². The minimum atomic E-state index is -0.526. The van der Waals surface area contributed by atoms with Gasteiger partial charge in [0, 0.05) is 5.69 Å². The minimum Gasteiger partial charge on any atom is -0.486 e. The van der Waals surface area contributed by atoms with E-state index in [0.717, 1.165) is 0 Å². The van der Waals surface area contributed by atoms with E-state index in [9.17, 15) is 14.4 Å². The number of nitrogens with zero attached hydrogens (tertiary/aromatic N) is 1. The van der Waals surface area contributed by atoms with Gasteiger partial charge in [0.1, 0.15) is 24.1 Å². The molecule has 0 bridgehead atoms. The van der Waals surface area contributed by atoms with Crippen LogP contribution in [-0.2, 0) is 11.4 Å². The van der Waals surface area contributed by atoms with Gasteiger partial charge >= 0.3 is 0 Å². The van der Waals surface area contributed by atoms with Crippen molar-refractivity contribution in [2.75, 3.05) is 5.32 Å². The second-order valence-electron chi connectivity index (χ2n) is 6.22. The van der Waals surface area contributed by atoms with Crippen molar-refractivity contribution in [2.45, 2.75) is 6.61 Å². The van der Waals surface area contributed by atoms with Crippen molar-refractivity contribution < 1.29 is 13.9 Å². The van der Waals surface area contributed by atoms with E-state index in [2.05, 4.69) is 21.2 Å². The Hall–Kier alpha value is -3.14. The van der Waals surface area contributed by atoms with Crippen LogP contribution < -0.4 is 10.1 Å². The SMILES string of the molecule is N#C/C(=C/c1cc(Cl)c(OCc2cccc(F)c2)c(Br)c1)C(=O)Nc1ccccc1. The zero-order valence-electron chi connectivity index (χ0n) is 15.5. The molecule has 3 aromatic rings. The lowest BCUT2D eigenvalue weighted by molar-refractivity contribution is -0.112. The van der Waals surface area contributed by atoms with Crippen molar-refractivity contribution in [1.82, 2.24) is 0 Å². The summed E-state index contributed by atoms with van der Waals surface area (Å²) in [6.45, 7) is 0.133. The maximum Gasteiger partial charge on any atom is 0.266 e. The number of nitriles is 1. The van der Waals surface area contributed by atoms with Crippen LogP contribution in [0.25, 0.3) is 6.08 Å². The lowest BCUT2D eigenvalue weighted by Crippen LogP contribution is -2.13. The lowest BCUT2D eigenvalue weighted by Gasteiger charge is -2.11. The topological polar surface area (TPSA) is 62.1 Å². The normalized spacial score (nSPS) is 10.9. The van der Waals surface area contributed by atoms with E-state index in [1.54, 1.807) is 48.5 Å². The summed E-state index contributed by atoms with van der Waals surface area (Å²) in [6.07, 6.45) is 1.44. The number of carbonyl (C=O) groups is 1. The Labute approximate surface area is 186 Å². The fourth-order valence-electron chi connectivity index (χ4n) is 2.62. The highest BCUT2D eigenvalue weighted by molar-refractivity contribution is 9.10. The van der Waals surface area contributed by atoms with E-state index >= 15 is 0 Å². The van der Waals surface area contributed by atoms with Gasteiger partial charge in [-0.1, -0.05) is 41.9 Å². The first kappa shape index (κ1) is 21.6. The van der Waals surface area contributed by atoms with Crippen LogP contribution in [0.2, 0.25) is 5.02 Å². The molecule has 150 valence electrons. The number of benzene rings is 3. The Morgan fingerprint density at radius 3 is 2.60 bits per heavy atom. The van der Waals surface area contributed by atoms with Gasteiger partial charge in [-0.05, 0) is 69.5 Å². The molecule has 0 aliphatic carbocycles. The summed E-state index contributed by atoms with van der Waals surface area (Å²) in [5, 5.41) is 12.3. The maximum atomic E-state index is 13.3. The zero-order chi connectivity index (χ0) is 21.5. The average Bonchev–Trinajstić information content (AvgIpc) is 2.72. The molecule has 0 spiro atoms. The molecule has 1 N–H and O–H groups in total. The minimum absolute atomic E-state index is 0.0738. The molecule has 0 aliphatic rings. The fraction of sp³-hybridized carbons (Fsp3) is 0.0435. The maximum absolute atomic E-state index is 13.3. The van der Waals surface area contributed by atoms with E-state index in [-0.39, 0.29) is 23.0 Å². The van der Waals surface area contributed by atoms with E-state index < -0.39 is 5.91 Å². The summed E-state index contributed by atoms with van der Waals surface area (Å²) in [4.78, 5) is 12.4. The Morgan fingerprint density at radius 1 is 1.17 bits per heavy atom. The summed E-state index contributed by atoms with van der Waals surface area (Å²) in [5.41, 5.74) is 1.72. The summed E-state index contributed by atoms with van der Waals surface area (Å²) in [5.74, 6) is -0.493. The number of anilines is 1. The van der Waals surface area contributed by atoms with Crippen molar-refractivity contribution in [3.8, 4) is 11.8 Å². The van der Waals surface area contributed by atoms with Crippen molar-refractivity contribution in [3.05, 3.63) is 98.7 Å². The third-order valence-electron chi connectivity index (χ3n) is 4.00. The van der Waals surface area contributed by atoms with Gasteiger partial charge in [-0.15, -0.1) is 0 Å². The van der Waals surface area contributed by atoms with Crippen LogP contribution >= 0.6 is 27.5 Å². The van der Waals surface area contributed by atoms with Gasteiger partial charge in [0.05, 0.1) is 9.50 Å². The Bertz CT molecular complexity index is 1120. The quantitative estimate of drug-likeness (QED) is 0.326.